The number of aryl methyl sites for hydroxylation is 1. The van der Waals surface area contributed by atoms with E-state index in [2.05, 4.69) is 15.4 Å². The molecule has 11 heteroatoms. The van der Waals surface area contributed by atoms with Gasteiger partial charge in [-0.15, -0.1) is 0 Å². The molecule has 2 aromatic heterocycles. The Kier molecular flexibility index (Phi) is 6.61. The van der Waals surface area contributed by atoms with E-state index in [1.54, 1.807) is 6.92 Å². The third-order valence-electron chi connectivity index (χ3n) is 6.51. The van der Waals surface area contributed by atoms with Crippen LogP contribution in [0, 0.1) is 6.92 Å². The maximum atomic E-state index is 13.9. The minimum absolute atomic E-state index is 0.0310. The number of alkyl halides is 4. The lowest BCUT2D eigenvalue weighted by Gasteiger charge is -2.30. The number of nitrogens with two attached hydrogens (primary N) is 1. The molecular formula is C25H29F4N5O2. The third-order valence-corrected chi connectivity index (χ3v) is 6.51. The molecule has 1 fully saturated rings. The molecule has 36 heavy (non-hydrogen) atoms. The van der Waals surface area contributed by atoms with Gasteiger partial charge in [-0.3, -0.25) is 9.48 Å². The van der Waals surface area contributed by atoms with Crippen LogP contribution in [0.5, 0.6) is 5.75 Å². The number of carbonyl (C=O) groups excluding carboxylic acids is 1. The SMILES string of the molecule is Cc1nn(CC(C)(C)F)cc1C(=O)NC1CCC(c2c(O)ccc3nc(C(F)(F)F)cc(N)c23)CC1. The molecule has 0 radical (unpaired) electrons. The quantitative estimate of drug-likeness (QED) is 0.409. The summed E-state index contributed by atoms with van der Waals surface area (Å²) in [4.78, 5) is 16.6. The van der Waals surface area contributed by atoms with Gasteiger partial charge in [0.15, 0.2) is 0 Å². The number of pyridine rings is 1. The Morgan fingerprint density at radius 3 is 2.47 bits per heavy atom. The Balaban J connectivity index is 1.48. The average Bonchev–Trinajstić information content (AvgIpc) is 3.12. The number of amides is 1. The molecular weight excluding hydrogens is 478 g/mol. The summed E-state index contributed by atoms with van der Waals surface area (Å²) in [5.41, 5.74) is 4.83. The molecule has 4 N–H and O–H groups in total. The number of carbonyl (C=O) groups is 1. The number of aromatic hydroxyl groups is 1. The Morgan fingerprint density at radius 2 is 1.86 bits per heavy atom. The maximum Gasteiger partial charge on any atom is 0.433 e. The number of hydrogen-bond donors (Lipinski definition) is 3. The van der Waals surface area contributed by atoms with E-state index >= 15 is 0 Å². The molecule has 1 aromatic carbocycles. The fourth-order valence-corrected chi connectivity index (χ4v) is 4.93. The van der Waals surface area contributed by atoms with Crippen molar-refractivity contribution in [2.24, 2.45) is 0 Å². The highest BCUT2D eigenvalue weighted by molar-refractivity contribution is 5.96. The first-order valence-electron chi connectivity index (χ1n) is 11.8. The van der Waals surface area contributed by atoms with Gasteiger partial charge in [-0.05, 0) is 70.6 Å². The molecule has 0 aliphatic heterocycles. The zero-order valence-corrected chi connectivity index (χ0v) is 20.3. The van der Waals surface area contributed by atoms with Gasteiger partial charge in [0.25, 0.3) is 5.91 Å². The maximum absolute atomic E-state index is 13.9. The van der Waals surface area contributed by atoms with Gasteiger partial charge in [-0.1, -0.05) is 0 Å². The molecule has 194 valence electrons. The zero-order valence-electron chi connectivity index (χ0n) is 20.3. The molecule has 0 spiro atoms. The van der Waals surface area contributed by atoms with Crippen molar-refractivity contribution in [1.29, 1.82) is 0 Å². The molecule has 1 aliphatic carbocycles. The second-order valence-electron chi connectivity index (χ2n) is 10.1. The normalized spacial score (nSPS) is 19.0. The minimum atomic E-state index is -4.63. The van der Waals surface area contributed by atoms with Gasteiger partial charge < -0.3 is 16.2 Å². The topological polar surface area (TPSA) is 106 Å². The van der Waals surface area contributed by atoms with E-state index < -0.39 is 17.5 Å². The van der Waals surface area contributed by atoms with Crippen molar-refractivity contribution in [3.8, 4) is 5.75 Å². The summed E-state index contributed by atoms with van der Waals surface area (Å²) in [7, 11) is 0. The van der Waals surface area contributed by atoms with Crippen molar-refractivity contribution in [3.05, 3.63) is 46.9 Å². The van der Waals surface area contributed by atoms with E-state index in [0.29, 0.717) is 47.9 Å². The Labute approximate surface area is 205 Å². The standard InChI is InChI=1S/C25H29F4N5O2/c1-13-16(11-34(33-13)12-24(2,3)26)23(36)31-15-6-4-14(5-7-15)21-19(35)9-8-18-22(21)17(30)10-20(32-18)25(27,28)29/h8-11,14-15,35H,4-7,12H2,1-3H3,(H2,30,32)(H,31,36). The molecule has 2 heterocycles. The Hall–Kier alpha value is -3.37. The van der Waals surface area contributed by atoms with Crippen LogP contribution in [0.2, 0.25) is 0 Å². The summed E-state index contributed by atoms with van der Waals surface area (Å²) in [6.07, 6.45) is -0.709. The fourth-order valence-electron chi connectivity index (χ4n) is 4.93. The van der Waals surface area contributed by atoms with Gasteiger partial charge in [0.1, 0.15) is 17.1 Å². The van der Waals surface area contributed by atoms with Crippen molar-refractivity contribution in [1.82, 2.24) is 20.1 Å². The molecule has 0 unspecified atom stereocenters. The summed E-state index contributed by atoms with van der Waals surface area (Å²) in [5, 5.41) is 18.1. The van der Waals surface area contributed by atoms with Gasteiger partial charge in [0.05, 0.1) is 23.3 Å². The second kappa shape index (κ2) is 9.25. The van der Waals surface area contributed by atoms with Crippen LogP contribution in [0.4, 0.5) is 23.2 Å². The lowest BCUT2D eigenvalue weighted by molar-refractivity contribution is -0.140. The number of fused-ring (bicyclic) bond motifs is 1. The van der Waals surface area contributed by atoms with Crippen molar-refractivity contribution >= 4 is 22.5 Å². The largest absolute Gasteiger partial charge is 0.508 e. The first-order chi connectivity index (χ1) is 16.7. The molecule has 1 saturated carbocycles. The average molecular weight is 508 g/mol. The predicted molar refractivity (Wildman–Crippen MR) is 127 cm³/mol. The minimum Gasteiger partial charge on any atom is -0.508 e. The number of phenolic OH excluding ortho intramolecular Hbond substituents is 1. The number of aromatic nitrogens is 3. The molecule has 4 rings (SSSR count). The second-order valence-corrected chi connectivity index (χ2v) is 10.1. The number of nitrogen functional groups attached to an aromatic ring is 1. The van der Waals surface area contributed by atoms with Crippen LogP contribution in [-0.4, -0.2) is 37.5 Å². The number of hydrogen-bond acceptors (Lipinski definition) is 5. The van der Waals surface area contributed by atoms with Crippen molar-refractivity contribution in [2.45, 2.75) is 76.8 Å². The highest BCUT2D eigenvalue weighted by Gasteiger charge is 2.34. The molecule has 0 atom stereocenters. The Morgan fingerprint density at radius 1 is 1.19 bits per heavy atom. The lowest BCUT2D eigenvalue weighted by atomic mass is 9.79. The van der Waals surface area contributed by atoms with Gasteiger partial charge in [0, 0.05) is 28.9 Å². The first-order valence-corrected chi connectivity index (χ1v) is 11.8. The molecule has 3 aromatic rings. The Bertz CT molecular complexity index is 1290. The van der Waals surface area contributed by atoms with E-state index in [4.69, 9.17) is 5.73 Å². The van der Waals surface area contributed by atoms with Crippen LogP contribution in [0.1, 0.15) is 72.8 Å². The fraction of sp³-hybridized carbons (Fsp3) is 0.480. The number of nitrogens with zero attached hydrogens (tertiary/aromatic N) is 3. The zero-order chi connectivity index (χ0) is 26.4. The van der Waals surface area contributed by atoms with E-state index in [-0.39, 0.29) is 41.4 Å². The predicted octanol–water partition coefficient (Wildman–Crippen LogP) is 5.25. The van der Waals surface area contributed by atoms with Crippen LogP contribution in [0.3, 0.4) is 0 Å². The van der Waals surface area contributed by atoms with Crippen LogP contribution < -0.4 is 11.1 Å². The van der Waals surface area contributed by atoms with Gasteiger partial charge in [0.2, 0.25) is 0 Å². The molecule has 0 bridgehead atoms. The summed E-state index contributed by atoms with van der Waals surface area (Å²) in [6, 6.07) is 3.34. The first kappa shape index (κ1) is 25.7. The van der Waals surface area contributed by atoms with Crippen molar-refractivity contribution in [3.63, 3.8) is 0 Å². The van der Waals surface area contributed by atoms with E-state index in [0.717, 1.165) is 6.07 Å². The van der Waals surface area contributed by atoms with Crippen molar-refractivity contribution < 1.29 is 27.5 Å². The smallest absolute Gasteiger partial charge is 0.433 e. The van der Waals surface area contributed by atoms with Gasteiger partial charge in [-0.2, -0.15) is 18.3 Å². The van der Waals surface area contributed by atoms with Gasteiger partial charge >= 0.3 is 6.18 Å². The van der Waals surface area contributed by atoms with Gasteiger partial charge in [-0.25, -0.2) is 9.37 Å². The lowest BCUT2D eigenvalue weighted by Crippen LogP contribution is -2.37. The molecule has 1 aliphatic rings. The van der Waals surface area contributed by atoms with Crippen LogP contribution in [0.25, 0.3) is 10.9 Å². The summed E-state index contributed by atoms with van der Waals surface area (Å²) < 4.78 is 54.9. The van der Waals surface area contributed by atoms with E-state index in [1.807, 2.05) is 0 Å². The number of halogens is 4. The number of anilines is 1. The van der Waals surface area contributed by atoms with E-state index in [9.17, 15) is 27.5 Å². The van der Waals surface area contributed by atoms with Crippen LogP contribution in [0.15, 0.2) is 24.4 Å². The number of benzene rings is 1. The summed E-state index contributed by atoms with van der Waals surface area (Å²) in [6.45, 7) is 4.60. The third kappa shape index (κ3) is 5.39. The number of phenols is 1. The van der Waals surface area contributed by atoms with Crippen molar-refractivity contribution in [2.75, 3.05) is 5.73 Å². The molecule has 0 saturated heterocycles. The monoisotopic (exact) mass is 507 g/mol. The van der Waals surface area contributed by atoms with Crippen LogP contribution in [-0.2, 0) is 12.7 Å². The van der Waals surface area contributed by atoms with Crippen LogP contribution >= 0.6 is 0 Å². The number of nitrogens with one attached hydrogen (secondary N) is 1. The van der Waals surface area contributed by atoms with E-state index in [1.165, 1.54) is 36.9 Å². The highest BCUT2D eigenvalue weighted by Crippen LogP contribution is 2.43. The molecule has 7 nitrogen and oxygen atoms in total. The summed E-state index contributed by atoms with van der Waals surface area (Å²) in [5.74, 6) is -0.485. The highest BCUT2D eigenvalue weighted by atomic mass is 19.4. The summed E-state index contributed by atoms with van der Waals surface area (Å²) >= 11 is 0. The molecule has 1 amide bonds. The number of rotatable bonds is 5.